The summed E-state index contributed by atoms with van der Waals surface area (Å²) in [6, 6.07) is 12.9. The van der Waals surface area contributed by atoms with E-state index in [1.807, 2.05) is 48.5 Å². The molecule has 0 saturated carbocycles. The van der Waals surface area contributed by atoms with Crippen molar-refractivity contribution in [3.05, 3.63) is 59.7 Å². The van der Waals surface area contributed by atoms with E-state index in [1.54, 1.807) is 48.5 Å². The molecule has 0 heterocycles. The average Bonchev–Trinajstić information content (AvgIpc) is 3.19. The second-order valence-electron chi connectivity index (χ2n) is 12.0. The van der Waals surface area contributed by atoms with Gasteiger partial charge in [-0.3, -0.25) is 0 Å². The van der Waals surface area contributed by atoms with Crippen LogP contribution in [0.4, 0.5) is 9.59 Å². The minimum atomic E-state index is -1.59. The zero-order chi connectivity index (χ0) is 31.2. The van der Waals surface area contributed by atoms with Gasteiger partial charge in [-0.05, 0) is 70.7 Å². The Morgan fingerprint density at radius 3 is 1.86 bits per heavy atom. The second kappa shape index (κ2) is 13.2. The molecule has 42 heavy (non-hydrogen) atoms. The molecule has 3 atom stereocenters. The Balaban J connectivity index is 1.68. The van der Waals surface area contributed by atoms with Gasteiger partial charge < -0.3 is 34.7 Å². The van der Waals surface area contributed by atoms with E-state index in [0.29, 0.717) is 0 Å². The lowest BCUT2D eigenvalue weighted by Crippen LogP contribution is -2.53. The smallest absolute Gasteiger partial charge is 0.408 e. The van der Waals surface area contributed by atoms with E-state index in [1.165, 1.54) is 0 Å². The van der Waals surface area contributed by atoms with Crippen molar-refractivity contribution < 1.29 is 43.2 Å². The van der Waals surface area contributed by atoms with Crippen LogP contribution in [0.3, 0.4) is 0 Å². The lowest BCUT2D eigenvalue weighted by Gasteiger charge is -2.30. The van der Waals surface area contributed by atoms with Crippen LogP contribution in [-0.2, 0) is 28.5 Å². The van der Waals surface area contributed by atoms with Gasteiger partial charge in [-0.25, -0.2) is 19.2 Å². The topological polar surface area (TPSA) is 149 Å². The molecule has 11 nitrogen and oxygen atoms in total. The number of nitrogens with one attached hydrogen (secondary N) is 2. The molecule has 3 unspecified atom stereocenters. The summed E-state index contributed by atoms with van der Waals surface area (Å²) in [5.74, 6) is -2.58. The monoisotopic (exact) mass is 584 g/mol. The third-order valence-electron chi connectivity index (χ3n) is 6.26. The van der Waals surface area contributed by atoms with Crippen molar-refractivity contribution >= 4 is 24.1 Å². The molecule has 2 amide bonds. The number of fused-ring (bicyclic) bond motifs is 3. The summed E-state index contributed by atoms with van der Waals surface area (Å²) in [7, 11) is 0. The van der Waals surface area contributed by atoms with Gasteiger partial charge in [0.25, 0.3) is 0 Å². The van der Waals surface area contributed by atoms with Crippen LogP contribution in [0.1, 0.15) is 65.5 Å². The van der Waals surface area contributed by atoms with Crippen molar-refractivity contribution in [1.29, 1.82) is 0 Å². The maximum absolute atomic E-state index is 13.1. The van der Waals surface area contributed by atoms with Crippen LogP contribution in [0.25, 0.3) is 11.1 Å². The average molecular weight is 585 g/mol. The molecule has 0 aromatic heterocycles. The molecule has 228 valence electrons. The van der Waals surface area contributed by atoms with E-state index >= 15 is 0 Å². The molecule has 1 aliphatic carbocycles. The maximum atomic E-state index is 13.1. The maximum Gasteiger partial charge on any atom is 0.408 e. The Hall–Kier alpha value is -4.12. The number of esters is 1. The Kier molecular flexibility index (Phi) is 10.2. The molecule has 11 heteroatoms. The van der Waals surface area contributed by atoms with Crippen molar-refractivity contribution in [2.75, 3.05) is 13.2 Å². The Bertz CT molecular complexity index is 1250. The van der Waals surface area contributed by atoms with Crippen LogP contribution in [-0.4, -0.2) is 71.8 Å². The third-order valence-corrected chi connectivity index (χ3v) is 6.26. The first-order valence-electron chi connectivity index (χ1n) is 13.7. The highest BCUT2D eigenvalue weighted by Gasteiger charge is 2.35. The number of carboxylic acid groups (broad SMARTS) is 1. The quantitative estimate of drug-likeness (QED) is 0.269. The molecule has 0 spiro atoms. The number of carbonyl (C=O) groups excluding carboxylic acids is 3. The largest absolute Gasteiger partial charge is 0.480 e. The van der Waals surface area contributed by atoms with Crippen LogP contribution in [0.2, 0.25) is 0 Å². The summed E-state index contributed by atoms with van der Waals surface area (Å²) in [5.41, 5.74) is 2.67. The molecule has 2 aromatic carbocycles. The van der Waals surface area contributed by atoms with Gasteiger partial charge in [0.2, 0.25) is 0 Å². The molecule has 0 aliphatic heterocycles. The minimum absolute atomic E-state index is 0.0248. The van der Waals surface area contributed by atoms with E-state index in [4.69, 9.17) is 18.9 Å². The number of ether oxygens (including phenoxy) is 4. The van der Waals surface area contributed by atoms with Gasteiger partial charge in [-0.1, -0.05) is 48.5 Å². The van der Waals surface area contributed by atoms with Gasteiger partial charge in [0, 0.05) is 5.92 Å². The molecule has 3 rings (SSSR count). The number of carboxylic acids is 1. The van der Waals surface area contributed by atoms with Crippen molar-refractivity contribution in [3.63, 3.8) is 0 Å². The van der Waals surface area contributed by atoms with Crippen molar-refractivity contribution in [3.8, 4) is 11.1 Å². The molecule has 1 aliphatic rings. The van der Waals surface area contributed by atoms with Crippen LogP contribution in [0.15, 0.2) is 48.5 Å². The zero-order valence-electron chi connectivity index (χ0n) is 25.1. The fourth-order valence-corrected chi connectivity index (χ4v) is 4.64. The van der Waals surface area contributed by atoms with E-state index in [2.05, 4.69) is 10.6 Å². The van der Waals surface area contributed by atoms with Gasteiger partial charge in [0.15, 0.2) is 12.1 Å². The van der Waals surface area contributed by atoms with Crippen LogP contribution in [0.5, 0.6) is 0 Å². The predicted molar refractivity (Wildman–Crippen MR) is 154 cm³/mol. The Labute approximate surface area is 245 Å². The first-order chi connectivity index (χ1) is 19.6. The number of hydrogen-bond acceptors (Lipinski definition) is 8. The standard InChI is InChI=1S/C31H40N2O9/c1-18(41-30(2,3)4)25(27(36)39-17-24(26(34)35)32-29(38)42-31(5,6)7)33-28(37)40-16-23-21-14-10-8-12-19(21)20-13-9-11-15-22(20)23/h8-15,18,23-25H,16-17H2,1-7H3,(H,32,38)(H,33,37)(H,34,35). The van der Waals surface area contributed by atoms with Gasteiger partial charge in [0.1, 0.15) is 18.8 Å². The highest BCUT2D eigenvalue weighted by Crippen LogP contribution is 2.44. The molecular weight excluding hydrogens is 544 g/mol. The lowest BCUT2D eigenvalue weighted by atomic mass is 9.98. The highest BCUT2D eigenvalue weighted by molar-refractivity contribution is 5.84. The van der Waals surface area contributed by atoms with Crippen molar-refractivity contribution in [2.24, 2.45) is 0 Å². The van der Waals surface area contributed by atoms with Gasteiger partial charge in [0.05, 0.1) is 11.7 Å². The first-order valence-corrected chi connectivity index (χ1v) is 13.7. The number of benzene rings is 2. The predicted octanol–water partition coefficient (Wildman–Crippen LogP) is 4.62. The fourth-order valence-electron chi connectivity index (χ4n) is 4.64. The second-order valence-corrected chi connectivity index (χ2v) is 12.0. The number of alkyl carbamates (subject to hydrolysis) is 2. The summed E-state index contributed by atoms with van der Waals surface area (Å²) < 4.78 is 21.8. The van der Waals surface area contributed by atoms with Crippen molar-refractivity contribution in [1.82, 2.24) is 10.6 Å². The fraction of sp³-hybridized carbons (Fsp3) is 0.484. The number of hydrogen-bond donors (Lipinski definition) is 3. The van der Waals surface area contributed by atoms with E-state index < -0.39 is 60.1 Å². The molecule has 0 fully saturated rings. The third kappa shape index (κ3) is 8.94. The lowest BCUT2D eigenvalue weighted by molar-refractivity contribution is -0.156. The van der Waals surface area contributed by atoms with E-state index in [0.717, 1.165) is 22.3 Å². The first kappa shape index (κ1) is 32.4. The summed E-state index contributed by atoms with van der Waals surface area (Å²) in [4.78, 5) is 49.9. The minimum Gasteiger partial charge on any atom is -0.480 e. The molecular formula is C31H40N2O9. The summed E-state index contributed by atoms with van der Waals surface area (Å²) in [6.45, 7) is 11.1. The molecule has 3 N–H and O–H groups in total. The Morgan fingerprint density at radius 2 is 1.36 bits per heavy atom. The summed E-state index contributed by atoms with van der Waals surface area (Å²) >= 11 is 0. The normalized spacial score (nSPS) is 14.9. The molecule has 0 bridgehead atoms. The molecule has 0 radical (unpaired) electrons. The van der Waals surface area contributed by atoms with Crippen LogP contribution < -0.4 is 10.6 Å². The highest BCUT2D eigenvalue weighted by atomic mass is 16.6. The summed E-state index contributed by atoms with van der Waals surface area (Å²) in [6.07, 6.45) is -2.73. The van der Waals surface area contributed by atoms with Crippen molar-refractivity contribution in [2.45, 2.75) is 83.8 Å². The Morgan fingerprint density at radius 1 is 0.810 bits per heavy atom. The molecule has 2 aromatic rings. The SMILES string of the molecule is CC(OC(C)(C)C)C(NC(=O)OCC1c2ccccc2-c2ccccc21)C(=O)OCC(NC(=O)OC(C)(C)C)C(=O)O. The molecule has 0 saturated heterocycles. The zero-order valence-corrected chi connectivity index (χ0v) is 25.1. The number of aliphatic carboxylic acids is 1. The van der Waals surface area contributed by atoms with Crippen LogP contribution in [0, 0.1) is 0 Å². The number of carbonyl (C=O) groups is 4. The number of amides is 2. The summed E-state index contributed by atoms with van der Waals surface area (Å²) in [5, 5.41) is 14.2. The number of rotatable bonds is 10. The van der Waals surface area contributed by atoms with Gasteiger partial charge in [-0.15, -0.1) is 0 Å². The van der Waals surface area contributed by atoms with Gasteiger partial charge in [-0.2, -0.15) is 0 Å². The van der Waals surface area contributed by atoms with Crippen LogP contribution >= 0.6 is 0 Å². The van der Waals surface area contributed by atoms with E-state index in [9.17, 15) is 24.3 Å². The van der Waals surface area contributed by atoms with Gasteiger partial charge >= 0.3 is 24.1 Å². The van der Waals surface area contributed by atoms with E-state index in [-0.39, 0.29) is 12.5 Å².